The molecule has 0 aliphatic heterocycles. The van der Waals surface area contributed by atoms with Crippen LogP contribution in [0.4, 0.5) is 0 Å². The van der Waals surface area contributed by atoms with Gasteiger partial charge in [0.05, 0.1) is 0 Å². The van der Waals surface area contributed by atoms with Gasteiger partial charge in [-0.05, 0) is 11.8 Å². The Morgan fingerprint density at radius 1 is 1.23 bits per heavy atom. The first-order chi connectivity index (χ1) is 6.31. The average Bonchev–Trinajstić information content (AvgIpc) is 2.16. The van der Waals surface area contributed by atoms with Crippen molar-refractivity contribution in [3.8, 4) is 0 Å². The van der Waals surface area contributed by atoms with Gasteiger partial charge in [-0.1, -0.05) is 25.3 Å². The average molecular weight is 236 g/mol. The number of carbonyl (C=O) groups is 1. The van der Waals surface area contributed by atoms with E-state index in [0.717, 1.165) is 11.5 Å². The van der Waals surface area contributed by atoms with E-state index < -0.39 is 0 Å². The molecule has 0 spiro atoms. The molecule has 0 saturated heterocycles. The second-order valence-electron chi connectivity index (χ2n) is 2.18. The van der Waals surface area contributed by atoms with Gasteiger partial charge in [0.2, 0.25) is 5.12 Å². The fourth-order valence-electron chi connectivity index (χ4n) is 0.624. The maximum atomic E-state index is 10.8. The summed E-state index contributed by atoms with van der Waals surface area (Å²) in [7, 11) is 0. The third-order valence-corrected chi connectivity index (χ3v) is 4.48. The minimum absolute atomic E-state index is 0.0866. The quantitative estimate of drug-likeness (QED) is 0.476. The Morgan fingerprint density at radius 2 is 1.85 bits per heavy atom. The van der Waals surface area contributed by atoms with Gasteiger partial charge >= 0.3 is 0 Å². The van der Waals surface area contributed by atoms with E-state index >= 15 is 0 Å². The molecule has 0 saturated carbocycles. The summed E-state index contributed by atoms with van der Waals surface area (Å²) >= 11 is 5.24. The van der Waals surface area contributed by atoms with Crippen LogP contribution in [0, 0.1) is 0 Å². The van der Waals surface area contributed by atoms with Gasteiger partial charge in [-0.2, -0.15) is 23.5 Å². The van der Waals surface area contributed by atoms with Crippen molar-refractivity contribution < 1.29 is 4.79 Å². The molecule has 0 amide bonds. The molecule has 0 heterocycles. The van der Waals surface area contributed by atoms with Crippen molar-refractivity contribution >= 4 is 40.4 Å². The number of carbonyl (C=O) groups excluding carboxylic acids is 1. The van der Waals surface area contributed by atoms with Crippen LogP contribution in [0.2, 0.25) is 0 Å². The largest absolute Gasteiger partial charge is 0.282 e. The smallest absolute Gasteiger partial charge is 0.211 e. The highest BCUT2D eigenvalue weighted by atomic mass is 32.2. The zero-order chi connectivity index (χ0) is 9.94. The zero-order valence-corrected chi connectivity index (χ0v) is 10.4. The molecule has 0 aliphatic carbocycles. The fourth-order valence-corrected chi connectivity index (χ4v) is 3.18. The lowest BCUT2D eigenvalue weighted by Gasteiger charge is -1.99. The number of hydrogen-bond acceptors (Lipinski definition) is 4. The third-order valence-electron chi connectivity index (χ3n) is 1.21. The second-order valence-corrected chi connectivity index (χ2v) is 5.90. The van der Waals surface area contributed by atoms with Crippen LogP contribution in [0.25, 0.3) is 0 Å². The first-order valence-corrected chi connectivity index (χ1v) is 7.55. The summed E-state index contributed by atoms with van der Waals surface area (Å²) in [5.74, 6) is 5.59. The minimum atomic E-state index is 0.0866. The van der Waals surface area contributed by atoms with Crippen LogP contribution in [0.5, 0.6) is 0 Å². The molecule has 0 atom stereocenters. The van der Waals surface area contributed by atoms with Crippen molar-refractivity contribution in [3.63, 3.8) is 0 Å². The van der Waals surface area contributed by atoms with Crippen LogP contribution < -0.4 is 0 Å². The fraction of sp³-hybridized carbons (Fsp3) is 0.667. The lowest BCUT2D eigenvalue weighted by molar-refractivity contribution is -0.107. The summed E-state index contributed by atoms with van der Waals surface area (Å²) in [6.45, 7) is 5.59. The highest BCUT2D eigenvalue weighted by Gasteiger charge is 1.95. The molecule has 0 radical (unpaired) electrons. The van der Waals surface area contributed by atoms with Crippen LogP contribution in [0.1, 0.15) is 6.92 Å². The topological polar surface area (TPSA) is 17.1 Å². The van der Waals surface area contributed by atoms with E-state index in [-0.39, 0.29) is 5.12 Å². The van der Waals surface area contributed by atoms with Crippen molar-refractivity contribution in [2.45, 2.75) is 6.92 Å². The third kappa shape index (κ3) is 10.4. The Bertz CT molecular complexity index is 148. The first-order valence-electron chi connectivity index (χ1n) is 4.26. The summed E-state index contributed by atoms with van der Waals surface area (Å²) < 4.78 is 0. The molecule has 0 rings (SSSR count). The number of hydrogen-bond donors (Lipinski definition) is 0. The summed E-state index contributed by atoms with van der Waals surface area (Å²) in [6, 6.07) is 0. The van der Waals surface area contributed by atoms with Gasteiger partial charge in [0.1, 0.15) is 0 Å². The van der Waals surface area contributed by atoms with Crippen molar-refractivity contribution in [2.75, 3.05) is 28.8 Å². The predicted molar refractivity (Wildman–Crippen MR) is 68.0 cm³/mol. The van der Waals surface area contributed by atoms with Crippen molar-refractivity contribution in [3.05, 3.63) is 12.7 Å². The van der Waals surface area contributed by atoms with E-state index in [2.05, 4.69) is 13.5 Å². The Balaban J connectivity index is 2.99. The summed E-state index contributed by atoms with van der Waals surface area (Å²) in [5.41, 5.74) is 0. The summed E-state index contributed by atoms with van der Waals surface area (Å²) in [5, 5.41) is 0.0866. The van der Waals surface area contributed by atoms with E-state index in [0.29, 0.717) is 0 Å². The first kappa shape index (κ1) is 13.5. The monoisotopic (exact) mass is 236 g/mol. The Kier molecular flexibility index (Phi) is 10.9. The molecule has 0 aliphatic rings. The second kappa shape index (κ2) is 10.5. The van der Waals surface area contributed by atoms with Gasteiger partial charge in [0, 0.05) is 23.0 Å². The molecule has 0 fully saturated rings. The highest BCUT2D eigenvalue weighted by Crippen LogP contribution is 2.10. The minimum Gasteiger partial charge on any atom is -0.282 e. The lowest BCUT2D eigenvalue weighted by atomic mass is 10.7. The molecular formula is C9H16OS3. The predicted octanol–water partition coefficient (Wildman–Crippen LogP) is 2.92. The molecule has 13 heavy (non-hydrogen) atoms. The van der Waals surface area contributed by atoms with Crippen molar-refractivity contribution in [1.29, 1.82) is 0 Å². The van der Waals surface area contributed by atoms with Gasteiger partial charge < -0.3 is 0 Å². The van der Waals surface area contributed by atoms with Crippen LogP contribution in [0.3, 0.4) is 0 Å². The molecule has 0 aromatic rings. The van der Waals surface area contributed by atoms with Gasteiger partial charge in [0.15, 0.2) is 0 Å². The van der Waals surface area contributed by atoms with Crippen LogP contribution >= 0.6 is 35.3 Å². The molecular weight excluding hydrogens is 220 g/mol. The maximum absolute atomic E-state index is 10.8. The molecule has 0 aromatic carbocycles. The van der Waals surface area contributed by atoms with E-state index in [4.69, 9.17) is 0 Å². The van der Waals surface area contributed by atoms with Crippen molar-refractivity contribution in [1.82, 2.24) is 0 Å². The molecule has 0 N–H and O–H groups in total. The van der Waals surface area contributed by atoms with Crippen LogP contribution in [-0.2, 0) is 4.79 Å². The molecule has 76 valence electrons. The lowest BCUT2D eigenvalue weighted by Crippen LogP contribution is -1.93. The number of thioether (sulfide) groups is 3. The molecule has 0 aromatic heterocycles. The van der Waals surface area contributed by atoms with Crippen molar-refractivity contribution in [2.24, 2.45) is 0 Å². The van der Waals surface area contributed by atoms with Gasteiger partial charge in [-0.3, -0.25) is 4.79 Å². The van der Waals surface area contributed by atoms with E-state index in [9.17, 15) is 4.79 Å². The zero-order valence-electron chi connectivity index (χ0n) is 7.95. The number of rotatable bonds is 8. The normalized spacial score (nSPS) is 9.92. The maximum Gasteiger partial charge on any atom is 0.211 e. The summed E-state index contributed by atoms with van der Waals surface area (Å²) in [4.78, 5) is 10.8. The van der Waals surface area contributed by atoms with Gasteiger partial charge in [-0.15, -0.1) is 0 Å². The molecule has 1 nitrogen and oxygen atoms in total. The molecule has 4 heteroatoms. The van der Waals surface area contributed by atoms with E-state index in [1.807, 2.05) is 23.5 Å². The standard InChI is InChI=1S/C9H16OS3/c1-3-9(10)13-8-7-12-6-5-11-4-2/h3H,1,4-8H2,2H3. The van der Waals surface area contributed by atoms with Gasteiger partial charge in [0.25, 0.3) is 0 Å². The SMILES string of the molecule is C=CC(=O)SCCSCCSCC. The molecule has 0 unspecified atom stereocenters. The highest BCUT2D eigenvalue weighted by molar-refractivity contribution is 8.14. The summed E-state index contributed by atoms with van der Waals surface area (Å²) in [6.07, 6.45) is 1.38. The van der Waals surface area contributed by atoms with Crippen LogP contribution in [0.15, 0.2) is 12.7 Å². The Morgan fingerprint density at radius 3 is 2.46 bits per heavy atom. The Hall–Kier alpha value is 0.460. The van der Waals surface area contributed by atoms with Crippen LogP contribution in [-0.4, -0.2) is 33.9 Å². The molecule has 0 bridgehead atoms. The van der Waals surface area contributed by atoms with E-state index in [1.165, 1.54) is 35.1 Å². The van der Waals surface area contributed by atoms with Gasteiger partial charge in [-0.25, -0.2) is 0 Å². The van der Waals surface area contributed by atoms with E-state index in [1.54, 1.807) is 0 Å². The Labute approximate surface area is 93.5 Å².